The van der Waals surface area contributed by atoms with Crippen LogP contribution in [0.1, 0.15) is 22.8 Å². The normalized spacial score (nSPS) is 20.4. The van der Waals surface area contributed by atoms with Crippen LogP contribution >= 0.6 is 11.6 Å². The van der Waals surface area contributed by atoms with Crippen molar-refractivity contribution in [3.8, 4) is 5.75 Å². The van der Waals surface area contributed by atoms with Gasteiger partial charge in [0.2, 0.25) is 0 Å². The Hall–Kier alpha value is -2.76. The molecule has 0 saturated heterocycles. The highest BCUT2D eigenvalue weighted by Gasteiger charge is 2.39. The van der Waals surface area contributed by atoms with Gasteiger partial charge in [-0.25, -0.2) is 0 Å². The number of hydrogen-bond donors (Lipinski definition) is 0. The summed E-state index contributed by atoms with van der Waals surface area (Å²) in [5, 5.41) is 0.710. The number of rotatable bonds is 8. The lowest BCUT2D eigenvalue weighted by Crippen LogP contribution is -2.46. The number of likely N-dealkylation sites (N-methyl/N-ethyl adjacent to an activating group) is 1. The molecule has 0 fully saturated rings. The summed E-state index contributed by atoms with van der Waals surface area (Å²) in [5.74, 6) is 1.84. The lowest BCUT2D eigenvalue weighted by Gasteiger charge is -2.37. The molecule has 4 rings (SSSR count). The van der Waals surface area contributed by atoms with Gasteiger partial charge in [-0.2, -0.15) is 0 Å². The van der Waals surface area contributed by atoms with Gasteiger partial charge < -0.3 is 23.7 Å². The smallest absolute Gasteiger partial charge is 0.142 e. The first-order valence-electron chi connectivity index (χ1n) is 11.3. The SMILES string of the molecule is COc1ccc(C2Cc3cc(Cl)ccc3N(CCN(C)C)C(C=O)C2Cc2ccco2)cc1. The number of carbonyl (C=O) groups is 1. The lowest BCUT2D eigenvalue weighted by molar-refractivity contribution is -0.110. The van der Waals surface area contributed by atoms with Crippen molar-refractivity contribution in [3.05, 3.63) is 82.8 Å². The fourth-order valence-electron chi connectivity index (χ4n) is 4.91. The van der Waals surface area contributed by atoms with Gasteiger partial charge in [0.05, 0.1) is 19.4 Å². The van der Waals surface area contributed by atoms with Crippen LogP contribution in [0.4, 0.5) is 5.69 Å². The van der Waals surface area contributed by atoms with E-state index in [-0.39, 0.29) is 17.9 Å². The molecule has 5 nitrogen and oxygen atoms in total. The Morgan fingerprint density at radius 1 is 1.18 bits per heavy atom. The molecule has 1 aliphatic heterocycles. The Morgan fingerprint density at radius 3 is 2.61 bits per heavy atom. The molecule has 3 aromatic rings. The highest BCUT2D eigenvalue weighted by molar-refractivity contribution is 6.30. The zero-order valence-electron chi connectivity index (χ0n) is 19.4. The van der Waals surface area contributed by atoms with Gasteiger partial charge in [0.15, 0.2) is 0 Å². The van der Waals surface area contributed by atoms with Gasteiger partial charge >= 0.3 is 0 Å². The third-order valence-electron chi connectivity index (χ3n) is 6.59. The minimum atomic E-state index is -0.301. The Morgan fingerprint density at radius 2 is 1.97 bits per heavy atom. The van der Waals surface area contributed by atoms with Crippen LogP contribution in [0.5, 0.6) is 5.75 Å². The predicted molar refractivity (Wildman–Crippen MR) is 133 cm³/mol. The number of furan rings is 1. The molecule has 0 amide bonds. The van der Waals surface area contributed by atoms with E-state index in [1.807, 2.05) is 36.4 Å². The minimum absolute atomic E-state index is 0.0235. The molecule has 6 heteroatoms. The number of aldehydes is 1. The second-order valence-electron chi connectivity index (χ2n) is 8.93. The van der Waals surface area contributed by atoms with E-state index in [0.717, 1.165) is 48.6 Å². The monoisotopic (exact) mass is 466 g/mol. The van der Waals surface area contributed by atoms with Crippen molar-refractivity contribution < 1.29 is 13.9 Å². The summed E-state index contributed by atoms with van der Waals surface area (Å²) in [6, 6.07) is 17.8. The zero-order valence-corrected chi connectivity index (χ0v) is 20.2. The molecule has 0 radical (unpaired) electrons. The number of methoxy groups -OCH3 is 1. The van der Waals surface area contributed by atoms with Crippen molar-refractivity contribution in [1.29, 1.82) is 0 Å². The molecule has 0 spiro atoms. The maximum Gasteiger partial charge on any atom is 0.142 e. The van der Waals surface area contributed by atoms with E-state index in [1.165, 1.54) is 5.56 Å². The third-order valence-corrected chi connectivity index (χ3v) is 6.83. The zero-order chi connectivity index (χ0) is 23.4. The minimum Gasteiger partial charge on any atom is -0.497 e. The van der Waals surface area contributed by atoms with E-state index in [9.17, 15) is 4.79 Å². The molecular formula is C27H31ClN2O3. The highest BCUT2D eigenvalue weighted by atomic mass is 35.5. The summed E-state index contributed by atoms with van der Waals surface area (Å²) in [6.07, 6.45) is 4.27. The fraction of sp³-hybridized carbons (Fsp3) is 0.370. The second-order valence-corrected chi connectivity index (χ2v) is 9.36. The first kappa shape index (κ1) is 23.4. The molecule has 0 aliphatic carbocycles. The van der Waals surface area contributed by atoms with Crippen molar-refractivity contribution in [3.63, 3.8) is 0 Å². The van der Waals surface area contributed by atoms with Crippen LogP contribution in [0.3, 0.4) is 0 Å². The van der Waals surface area contributed by atoms with E-state index >= 15 is 0 Å². The summed E-state index contributed by atoms with van der Waals surface area (Å²) in [5.41, 5.74) is 3.43. The van der Waals surface area contributed by atoms with Crippen molar-refractivity contribution in [2.75, 3.05) is 39.2 Å². The number of carbonyl (C=O) groups excluding carboxylic acids is 1. The van der Waals surface area contributed by atoms with Crippen LogP contribution < -0.4 is 9.64 Å². The van der Waals surface area contributed by atoms with Gasteiger partial charge in [-0.05, 0) is 80.0 Å². The highest BCUT2D eigenvalue weighted by Crippen LogP contribution is 2.42. The van der Waals surface area contributed by atoms with Gasteiger partial charge in [0, 0.05) is 36.1 Å². The summed E-state index contributed by atoms with van der Waals surface area (Å²) in [6.45, 7) is 1.59. The standard InChI is InChI=1S/C27H31ClN2O3/c1-29(2)12-13-30-26-11-8-21(28)15-20(26)16-24(19-6-9-22(32-3)10-7-19)25(27(30)18-31)17-23-5-4-14-33-23/h4-11,14-15,18,24-25,27H,12-13,16-17H2,1-3H3. The molecule has 0 bridgehead atoms. The number of halogens is 1. The first-order valence-corrected chi connectivity index (χ1v) is 11.7. The van der Waals surface area contributed by atoms with E-state index in [4.69, 9.17) is 20.8 Å². The topological polar surface area (TPSA) is 45.9 Å². The van der Waals surface area contributed by atoms with Crippen LogP contribution in [0.15, 0.2) is 65.3 Å². The molecule has 1 aromatic heterocycles. The Bertz CT molecular complexity index is 1050. The van der Waals surface area contributed by atoms with Gasteiger partial charge in [0.25, 0.3) is 0 Å². The van der Waals surface area contributed by atoms with Crippen molar-refractivity contribution in [2.45, 2.75) is 24.8 Å². The number of nitrogens with zero attached hydrogens (tertiary/aromatic N) is 2. The average Bonchev–Trinajstić information content (AvgIpc) is 3.29. The Balaban J connectivity index is 1.83. The Kier molecular flexibility index (Phi) is 7.41. The van der Waals surface area contributed by atoms with Gasteiger partial charge in [-0.1, -0.05) is 23.7 Å². The van der Waals surface area contributed by atoms with Crippen molar-refractivity contribution in [1.82, 2.24) is 4.90 Å². The molecule has 3 unspecified atom stereocenters. The van der Waals surface area contributed by atoms with E-state index in [0.29, 0.717) is 11.4 Å². The molecule has 174 valence electrons. The second kappa shape index (κ2) is 10.4. The lowest BCUT2D eigenvalue weighted by atomic mass is 9.76. The molecular weight excluding hydrogens is 436 g/mol. The fourth-order valence-corrected chi connectivity index (χ4v) is 5.10. The number of hydrogen-bond acceptors (Lipinski definition) is 5. The summed E-state index contributed by atoms with van der Waals surface area (Å²) in [4.78, 5) is 17.1. The Labute approximate surface area is 200 Å². The summed E-state index contributed by atoms with van der Waals surface area (Å²) < 4.78 is 11.1. The molecule has 3 atom stereocenters. The number of fused-ring (bicyclic) bond motifs is 1. The molecule has 2 heterocycles. The number of benzene rings is 2. The van der Waals surface area contributed by atoms with E-state index < -0.39 is 0 Å². The van der Waals surface area contributed by atoms with Crippen molar-refractivity contribution >= 4 is 23.6 Å². The number of ether oxygens (including phenoxy) is 1. The predicted octanol–water partition coefficient (Wildman–Crippen LogP) is 5.08. The first-order chi connectivity index (χ1) is 16.0. The quantitative estimate of drug-likeness (QED) is 0.433. The van der Waals surface area contributed by atoms with E-state index in [1.54, 1.807) is 13.4 Å². The van der Waals surface area contributed by atoms with Gasteiger partial charge in [-0.15, -0.1) is 0 Å². The average molecular weight is 467 g/mol. The molecule has 33 heavy (non-hydrogen) atoms. The molecule has 1 aliphatic rings. The maximum absolute atomic E-state index is 12.7. The van der Waals surface area contributed by atoms with E-state index in [2.05, 4.69) is 42.1 Å². The summed E-state index contributed by atoms with van der Waals surface area (Å²) >= 11 is 6.43. The molecule has 0 saturated carbocycles. The van der Waals surface area contributed by atoms with Crippen LogP contribution in [0.2, 0.25) is 5.02 Å². The third kappa shape index (κ3) is 5.26. The van der Waals surface area contributed by atoms with Crippen LogP contribution in [0.25, 0.3) is 0 Å². The van der Waals surface area contributed by atoms with Gasteiger partial charge in [0.1, 0.15) is 17.8 Å². The van der Waals surface area contributed by atoms with Crippen LogP contribution in [-0.4, -0.2) is 51.5 Å². The van der Waals surface area contributed by atoms with Crippen LogP contribution in [0, 0.1) is 5.92 Å². The van der Waals surface area contributed by atoms with Crippen LogP contribution in [-0.2, 0) is 17.6 Å². The van der Waals surface area contributed by atoms with Gasteiger partial charge in [-0.3, -0.25) is 0 Å². The van der Waals surface area contributed by atoms with Crippen molar-refractivity contribution in [2.24, 2.45) is 5.92 Å². The maximum atomic E-state index is 12.7. The molecule has 0 N–H and O–H groups in total. The number of anilines is 1. The molecule has 2 aromatic carbocycles. The summed E-state index contributed by atoms with van der Waals surface area (Å²) in [7, 11) is 5.78. The largest absolute Gasteiger partial charge is 0.497 e.